The summed E-state index contributed by atoms with van der Waals surface area (Å²) in [5, 5.41) is 4.78. The molecule has 25 heavy (non-hydrogen) atoms. The fourth-order valence-electron chi connectivity index (χ4n) is 2.03. The number of unbranched alkanes of at least 4 members (excludes halogenated alkanes) is 1. The van der Waals surface area contributed by atoms with Crippen LogP contribution in [-0.4, -0.2) is 28.6 Å². The molecular formula is C19H25N3O3. The third-order valence-corrected chi connectivity index (χ3v) is 3.63. The van der Waals surface area contributed by atoms with Gasteiger partial charge in [-0.15, -0.1) is 0 Å². The maximum absolute atomic E-state index is 11.8. The van der Waals surface area contributed by atoms with Gasteiger partial charge in [0, 0.05) is 6.07 Å². The van der Waals surface area contributed by atoms with E-state index in [1.54, 1.807) is 10.7 Å². The molecule has 1 amide bonds. The highest BCUT2D eigenvalue weighted by Crippen LogP contribution is 2.14. The van der Waals surface area contributed by atoms with Gasteiger partial charge in [-0.1, -0.05) is 38.5 Å². The quantitative estimate of drug-likeness (QED) is 0.716. The zero-order chi connectivity index (χ0) is 18.1. The zero-order valence-electron chi connectivity index (χ0n) is 15.0. The maximum Gasteiger partial charge on any atom is 0.434 e. The lowest BCUT2D eigenvalue weighted by Gasteiger charge is -2.13. The summed E-state index contributed by atoms with van der Waals surface area (Å²) in [6, 6.07) is 11.4. The maximum atomic E-state index is 11.8. The van der Waals surface area contributed by atoms with Crippen molar-refractivity contribution in [3.63, 3.8) is 0 Å². The second-order valence-corrected chi connectivity index (χ2v) is 5.72. The van der Waals surface area contributed by atoms with Crippen LogP contribution in [0.5, 0.6) is 5.88 Å². The minimum atomic E-state index is -0.617. The van der Waals surface area contributed by atoms with Gasteiger partial charge >= 0.3 is 6.09 Å². The molecule has 1 aromatic heterocycles. The standard InChI is InChI=1S/C19H25N3O3/c1-4-6-12-24-18-13-16(21-19(23)25-15(3)5-2)14-20-22(18)17-10-8-7-9-11-17/h7-11,13-15H,4-6,12H2,1-3H3. The summed E-state index contributed by atoms with van der Waals surface area (Å²) in [6.07, 6.45) is 3.46. The average molecular weight is 343 g/mol. The first-order valence-corrected chi connectivity index (χ1v) is 8.67. The highest BCUT2D eigenvalue weighted by atomic mass is 16.6. The molecule has 6 heteroatoms. The number of ether oxygens (including phenoxy) is 2. The molecule has 2 rings (SSSR count). The van der Waals surface area contributed by atoms with Crippen molar-refractivity contribution >= 4 is 6.09 Å². The number of hydrogen-bond acceptors (Lipinski definition) is 4. The molecule has 2 aromatic rings. The molecule has 0 N–H and O–H groups in total. The molecule has 134 valence electrons. The van der Waals surface area contributed by atoms with Gasteiger partial charge in [0.1, 0.15) is 6.10 Å². The topological polar surface area (TPSA) is 65.7 Å². The van der Waals surface area contributed by atoms with Crippen LogP contribution in [0.3, 0.4) is 0 Å². The highest BCUT2D eigenvalue weighted by molar-refractivity contribution is 5.68. The van der Waals surface area contributed by atoms with Crippen molar-refractivity contribution < 1.29 is 14.3 Å². The molecule has 0 spiro atoms. The Bertz CT molecular complexity index is 741. The van der Waals surface area contributed by atoms with Gasteiger partial charge in [-0.2, -0.15) is 10.1 Å². The number of hydrogen-bond donors (Lipinski definition) is 0. The third kappa shape index (κ3) is 5.74. The first kappa shape index (κ1) is 18.7. The van der Waals surface area contributed by atoms with Crippen LogP contribution in [0.4, 0.5) is 4.79 Å². The summed E-state index contributed by atoms with van der Waals surface area (Å²) in [7, 11) is 0. The predicted molar refractivity (Wildman–Crippen MR) is 95.8 cm³/mol. The summed E-state index contributed by atoms with van der Waals surface area (Å²) in [5.41, 5.74) is 0.878. The number of rotatable bonds is 7. The Hall–Kier alpha value is -2.63. The molecule has 1 atom stereocenters. The fourth-order valence-corrected chi connectivity index (χ4v) is 2.03. The number of benzene rings is 1. The van der Waals surface area contributed by atoms with Gasteiger partial charge in [-0.25, -0.2) is 9.48 Å². The van der Waals surface area contributed by atoms with E-state index in [0.29, 0.717) is 17.8 Å². The number of nitrogens with zero attached hydrogens (tertiary/aromatic N) is 3. The van der Waals surface area contributed by atoms with E-state index in [-0.39, 0.29) is 6.10 Å². The van der Waals surface area contributed by atoms with Gasteiger partial charge in [0.2, 0.25) is 5.88 Å². The molecule has 0 aliphatic carbocycles. The average Bonchev–Trinajstić information content (AvgIpc) is 2.62. The molecule has 0 saturated carbocycles. The molecule has 1 heterocycles. The summed E-state index contributed by atoms with van der Waals surface area (Å²) >= 11 is 0. The van der Waals surface area contributed by atoms with E-state index in [0.717, 1.165) is 24.9 Å². The molecule has 0 aliphatic rings. The molecule has 0 fully saturated rings. The Morgan fingerprint density at radius 1 is 1.28 bits per heavy atom. The molecule has 0 aliphatic heterocycles. The molecule has 0 bridgehead atoms. The Balaban J connectivity index is 2.31. The van der Waals surface area contributed by atoms with Crippen molar-refractivity contribution in [2.75, 3.05) is 6.61 Å². The van der Waals surface area contributed by atoms with Crippen molar-refractivity contribution in [3.8, 4) is 11.6 Å². The van der Waals surface area contributed by atoms with E-state index >= 15 is 0 Å². The smallest absolute Gasteiger partial charge is 0.434 e. The van der Waals surface area contributed by atoms with Crippen LogP contribution >= 0.6 is 0 Å². The van der Waals surface area contributed by atoms with E-state index in [9.17, 15) is 4.79 Å². The molecule has 1 unspecified atom stereocenters. The second kappa shape index (κ2) is 9.61. The van der Waals surface area contributed by atoms with Crippen LogP contribution in [0.25, 0.3) is 5.69 Å². The van der Waals surface area contributed by atoms with Gasteiger partial charge in [-0.3, -0.25) is 0 Å². The van der Waals surface area contributed by atoms with Crippen molar-refractivity contribution in [3.05, 3.63) is 48.0 Å². The van der Waals surface area contributed by atoms with Crippen LogP contribution in [0.2, 0.25) is 0 Å². The predicted octanol–water partition coefficient (Wildman–Crippen LogP) is 3.89. The Morgan fingerprint density at radius 2 is 2.04 bits per heavy atom. The van der Waals surface area contributed by atoms with Crippen molar-refractivity contribution in [1.29, 1.82) is 0 Å². The van der Waals surface area contributed by atoms with E-state index < -0.39 is 6.09 Å². The van der Waals surface area contributed by atoms with Gasteiger partial charge in [0.15, 0.2) is 0 Å². The number of aromatic nitrogens is 2. The lowest BCUT2D eigenvalue weighted by atomic mass is 10.3. The number of carbonyl (C=O) groups excluding carboxylic acids is 1. The second-order valence-electron chi connectivity index (χ2n) is 5.72. The normalized spacial score (nSPS) is 12.7. The van der Waals surface area contributed by atoms with Crippen molar-refractivity contribution in [1.82, 2.24) is 9.78 Å². The van der Waals surface area contributed by atoms with Crippen molar-refractivity contribution in [2.24, 2.45) is 4.99 Å². The van der Waals surface area contributed by atoms with Gasteiger partial charge in [0.25, 0.3) is 0 Å². The molecule has 0 saturated heterocycles. The third-order valence-electron chi connectivity index (χ3n) is 3.63. The Kier molecular flexibility index (Phi) is 7.19. The van der Waals surface area contributed by atoms with Crippen LogP contribution in [0, 0.1) is 0 Å². The summed E-state index contributed by atoms with van der Waals surface area (Å²) < 4.78 is 12.7. The monoisotopic (exact) mass is 343 g/mol. The zero-order valence-corrected chi connectivity index (χ0v) is 15.0. The van der Waals surface area contributed by atoms with E-state index in [1.165, 1.54) is 6.20 Å². The Labute approximate surface area is 148 Å². The van der Waals surface area contributed by atoms with Crippen LogP contribution in [-0.2, 0) is 4.74 Å². The number of carbonyl (C=O) groups is 1. The molecule has 1 aromatic carbocycles. The van der Waals surface area contributed by atoms with E-state index in [2.05, 4.69) is 17.0 Å². The highest BCUT2D eigenvalue weighted by Gasteiger charge is 2.08. The molecular weight excluding hydrogens is 318 g/mol. The lowest BCUT2D eigenvalue weighted by molar-refractivity contribution is 0.114. The summed E-state index contributed by atoms with van der Waals surface area (Å²) in [4.78, 5) is 15.8. The number of amides is 1. The summed E-state index contributed by atoms with van der Waals surface area (Å²) in [6.45, 7) is 6.46. The number of para-hydroxylation sites is 1. The first-order valence-electron chi connectivity index (χ1n) is 8.67. The van der Waals surface area contributed by atoms with E-state index in [4.69, 9.17) is 9.47 Å². The van der Waals surface area contributed by atoms with E-state index in [1.807, 2.05) is 44.2 Å². The fraction of sp³-hybridized carbons (Fsp3) is 0.421. The van der Waals surface area contributed by atoms with Crippen LogP contribution in [0.1, 0.15) is 40.0 Å². The minimum Gasteiger partial charge on any atom is -0.478 e. The largest absolute Gasteiger partial charge is 0.478 e. The van der Waals surface area contributed by atoms with Gasteiger partial charge in [-0.05, 0) is 31.9 Å². The summed E-state index contributed by atoms with van der Waals surface area (Å²) in [5.74, 6) is 0.539. The van der Waals surface area contributed by atoms with Crippen LogP contribution in [0.15, 0.2) is 47.6 Å². The Morgan fingerprint density at radius 3 is 2.72 bits per heavy atom. The van der Waals surface area contributed by atoms with Gasteiger partial charge < -0.3 is 9.47 Å². The SMILES string of the molecule is CCCCOc1cc(=NC(=O)OC(C)CC)cnn1-c1ccccc1. The van der Waals surface area contributed by atoms with Crippen LogP contribution < -0.4 is 10.1 Å². The van der Waals surface area contributed by atoms with Gasteiger partial charge in [0.05, 0.1) is 23.8 Å². The minimum absolute atomic E-state index is 0.164. The van der Waals surface area contributed by atoms with Crippen molar-refractivity contribution in [2.45, 2.75) is 46.1 Å². The molecule has 6 nitrogen and oxygen atoms in total. The first-order chi connectivity index (χ1) is 12.1. The molecule has 0 radical (unpaired) electrons. The lowest BCUT2D eigenvalue weighted by Crippen LogP contribution is -2.17.